The van der Waals surface area contributed by atoms with Crippen LogP contribution in [-0.2, 0) is 6.42 Å². The summed E-state index contributed by atoms with van der Waals surface area (Å²) in [7, 11) is 0. The SMILES string of the molecule is CCc1ccc(C2c3c(oc4ccc(C)cc4c3=O)C(=O)N2c2nc(C)c(C)s2)cc1. The van der Waals surface area contributed by atoms with Crippen molar-refractivity contribution in [3.05, 3.63) is 91.3 Å². The van der Waals surface area contributed by atoms with Crippen molar-refractivity contribution in [3.8, 4) is 0 Å². The molecule has 1 aliphatic rings. The topological polar surface area (TPSA) is 63.4 Å². The van der Waals surface area contributed by atoms with Crippen LogP contribution in [0.2, 0.25) is 0 Å². The van der Waals surface area contributed by atoms with Gasteiger partial charge in [-0.3, -0.25) is 14.5 Å². The Morgan fingerprint density at radius 1 is 1.06 bits per heavy atom. The summed E-state index contributed by atoms with van der Waals surface area (Å²) in [6, 6.07) is 13.0. The molecule has 1 aliphatic heterocycles. The molecule has 1 atom stereocenters. The van der Waals surface area contributed by atoms with Crippen LogP contribution >= 0.6 is 11.3 Å². The minimum absolute atomic E-state index is 0.108. The zero-order valence-corrected chi connectivity index (χ0v) is 18.7. The van der Waals surface area contributed by atoms with Gasteiger partial charge >= 0.3 is 0 Å². The van der Waals surface area contributed by atoms with Gasteiger partial charge in [0.2, 0.25) is 5.76 Å². The van der Waals surface area contributed by atoms with E-state index in [2.05, 4.69) is 11.9 Å². The number of hydrogen-bond donors (Lipinski definition) is 0. The maximum absolute atomic E-state index is 13.6. The van der Waals surface area contributed by atoms with Crippen molar-refractivity contribution in [2.75, 3.05) is 4.90 Å². The fourth-order valence-corrected chi connectivity index (χ4v) is 5.03. The number of aryl methyl sites for hydroxylation is 4. The van der Waals surface area contributed by atoms with Crippen molar-refractivity contribution < 1.29 is 9.21 Å². The van der Waals surface area contributed by atoms with Crippen molar-refractivity contribution in [1.29, 1.82) is 0 Å². The second-order valence-corrected chi connectivity index (χ2v) is 9.17. The van der Waals surface area contributed by atoms with Crippen LogP contribution in [0.15, 0.2) is 51.7 Å². The first-order valence-electron chi connectivity index (χ1n) is 10.3. The highest BCUT2D eigenvalue weighted by molar-refractivity contribution is 7.15. The Bertz CT molecular complexity index is 1380. The number of rotatable bonds is 3. The van der Waals surface area contributed by atoms with Gasteiger partial charge < -0.3 is 4.42 Å². The first-order chi connectivity index (χ1) is 14.9. The first kappa shape index (κ1) is 19.7. The van der Waals surface area contributed by atoms with Crippen LogP contribution in [0, 0.1) is 20.8 Å². The maximum atomic E-state index is 13.6. The quantitative estimate of drug-likeness (QED) is 0.431. The number of thiazole rings is 1. The number of carbonyl (C=O) groups is 1. The summed E-state index contributed by atoms with van der Waals surface area (Å²) in [5, 5.41) is 1.07. The van der Waals surface area contributed by atoms with Gasteiger partial charge in [0.1, 0.15) is 5.58 Å². The molecule has 0 fully saturated rings. The average Bonchev–Trinajstić information content (AvgIpc) is 3.25. The lowest BCUT2D eigenvalue weighted by molar-refractivity contribution is 0.0971. The molecule has 5 rings (SSSR count). The van der Waals surface area contributed by atoms with Crippen LogP contribution < -0.4 is 10.3 Å². The monoisotopic (exact) mass is 430 g/mol. The third-order valence-electron chi connectivity index (χ3n) is 5.95. The molecule has 2 aromatic carbocycles. The summed E-state index contributed by atoms with van der Waals surface area (Å²) >= 11 is 1.45. The Labute approximate surface area is 184 Å². The maximum Gasteiger partial charge on any atom is 0.297 e. The zero-order chi connectivity index (χ0) is 21.9. The second kappa shape index (κ2) is 7.17. The molecule has 0 aliphatic carbocycles. The molecule has 156 valence electrons. The van der Waals surface area contributed by atoms with Gasteiger partial charge in [-0.2, -0.15) is 0 Å². The smallest absolute Gasteiger partial charge is 0.297 e. The van der Waals surface area contributed by atoms with Gasteiger partial charge in [-0.25, -0.2) is 4.98 Å². The largest absolute Gasteiger partial charge is 0.450 e. The summed E-state index contributed by atoms with van der Waals surface area (Å²) in [5.74, 6) is -0.218. The highest BCUT2D eigenvalue weighted by Crippen LogP contribution is 2.43. The van der Waals surface area contributed by atoms with Crippen LogP contribution in [-0.4, -0.2) is 10.9 Å². The van der Waals surface area contributed by atoms with Crippen molar-refractivity contribution in [3.63, 3.8) is 0 Å². The minimum atomic E-state index is -0.570. The van der Waals surface area contributed by atoms with E-state index in [0.29, 0.717) is 21.7 Å². The summed E-state index contributed by atoms with van der Waals surface area (Å²) in [5.41, 5.74) is 4.57. The molecule has 1 unspecified atom stereocenters. The summed E-state index contributed by atoms with van der Waals surface area (Å²) in [6.45, 7) is 7.94. The predicted octanol–water partition coefficient (Wildman–Crippen LogP) is 5.49. The molecule has 0 saturated heterocycles. The number of aromatic nitrogens is 1. The van der Waals surface area contributed by atoms with Gasteiger partial charge in [0.15, 0.2) is 10.6 Å². The van der Waals surface area contributed by atoms with Crippen LogP contribution in [0.25, 0.3) is 11.0 Å². The van der Waals surface area contributed by atoms with Gasteiger partial charge in [-0.05, 0) is 50.5 Å². The number of carbonyl (C=O) groups excluding carboxylic acids is 1. The Kier molecular flexibility index (Phi) is 4.55. The Balaban J connectivity index is 1.80. The van der Waals surface area contributed by atoms with E-state index in [4.69, 9.17) is 4.42 Å². The standard InChI is InChI=1S/C25H22N2O3S/c1-5-16-7-9-17(10-8-16)21-20-22(28)18-12-13(2)6-11-19(18)30-23(20)24(29)27(21)25-26-14(3)15(4)31-25/h6-12,21H,5H2,1-4H3. The summed E-state index contributed by atoms with van der Waals surface area (Å²) < 4.78 is 6.02. The summed E-state index contributed by atoms with van der Waals surface area (Å²) in [6.07, 6.45) is 0.918. The Morgan fingerprint density at radius 2 is 1.81 bits per heavy atom. The summed E-state index contributed by atoms with van der Waals surface area (Å²) in [4.78, 5) is 34.5. The molecule has 31 heavy (non-hydrogen) atoms. The number of hydrogen-bond acceptors (Lipinski definition) is 5. The van der Waals surface area contributed by atoms with Crippen LogP contribution in [0.4, 0.5) is 5.13 Å². The zero-order valence-electron chi connectivity index (χ0n) is 17.9. The molecular weight excluding hydrogens is 408 g/mol. The third kappa shape index (κ3) is 3.01. The van der Waals surface area contributed by atoms with Gasteiger partial charge in [-0.15, -0.1) is 11.3 Å². The van der Waals surface area contributed by atoms with Crippen molar-refractivity contribution in [1.82, 2.24) is 4.98 Å². The van der Waals surface area contributed by atoms with Crippen molar-refractivity contribution >= 4 is 33.3 Å². The molecule has 0 N–H and O–H groups in total. The number of benzene rings is 2. The molecule has 3 heterocycles. The van der Waals surface area contributed by atoms with Crippen LogP contribution in [0.5, 0.6) is 0 Å². The number of anilines is 1. The lowest BCUT2D eigenvalue weighted by Gasteiger charge is -2.22. The lowest BCUT2D eigenvalue weighted by Crippen LogP contribution is -2.29. The number of fused-ring (bicyclic) bond motifs is 2. The van der Waals surface area contributed by atoms with Crippen LogP contribution in [0.1, 0.15) is 56.3 Å². The molecule has 0 radical (unpaired) electrons. The molecule has 2 aromatic heterocycles. The molecule has 1 amide bonds. The normalized spacial score (nSPS) is 15.7. The first-order valence-corrected chi connectivity index (χ1v) is 11.1. The molecule has 4 aromatic rings. The second-order valence-electron chi connectivity index (χ2n) is 7.98. The predicted molar refractivity (Wildman–Crippen MR) is 123 cm³/mol. The lowest BCUT2D eigenvalue weighted by atomic mass is 9.97. The Morgan fingerprint density at radius 3 is 2.45 bits per heavy atom. The number of amides is 1. The highest BCUT2D eigenvalue weighted by Gasteiger charge is 2.45. The van der Waals surface area contributed by atoms with E-state index in [1.54, 1.807) is 11.0 Å². The van der Waals surface area contributed by atoms with Crippen molar-refractivity contribution in [2.24, 2.45) is 0 Å². The molecule has 0 bridgehead atoms. The number of nitrogens with zero attached hydrogens (tertiary/aromatic N) is 2. The van der Waals surface area contributed by atoms with E-state index in [1.807, 2.05) is 57.2 Å². The van der Waals surface area contributed by atoms with Gasteiger partial charge in [0.05, 0.1) is 22.7 Å². The van der Waals surface area contributed by atoms with E-state index >= 15 is 0 Å². The van der Waals surface area contributed by atoms with Gasteiger partial charge in [-0.1, -0.05) is 42.8 Å². The van der Waals surface area contributed by atoms with E-state index < -0.39 is 6.04 Å². The molecule has 0 saturated carbocycles. The average molecular weight is 431 g/mol. The molecule has 6 heteroatoms. The van der Waals surface area contributed by atoms with Crippen LogP contribution in [0.3, 0.4) is 0 Å². The van der Waals surface area contributed by atoms with Gasteiger partial charge in [0.25, 0.3) is 5.91 Å². The van der Waals surface area contributed by atoms with Gasteiger partial charge in [0, 0.05) is 4.88 Å². The Hall–Kier alpha value is -3.25. The highest BCUT2D eigenvalue weighted by atomic mass is 32.1. The molecular formula is C25H22N2O3S. The van der Waals surface area contributed by atoms with E-state index in [1.165, 1.54) is 16.9 Å². The fraction of sp³-hybridized carbons (Fsp3) is 0.240. The molecule has 0 spiro atoms. The van der Waals surface area contributed by atoms with E-state index in [0.717, 1.165) is 28.1 Å². The van der Waals surface area contributed by atoms with Crippen molar-refractivity contribution in [2.45, 2.75) is 40.2 Å². The van der Waals surface area contributed by atoms with E-state index in [-0.39, 0.29) is 17.1 Å². The fourth-order valence-electron chi connectivity index (χ4n) is 4.09. The third-order valence-corrected chi connectivity index (χ3v) is 7.02. The molecule has 5 nitrogen and oxygen atoms in total. The minimum Gasteiger partial charge on any atom is -0.450 e. The van der Waals surface area contributed by atoms with E-state index in [9.17, 15) is 9.59 Å².